The van der Waals surface area contributed by atoms with Gasteiger partial charge in [-0.1, -0.05) is 42.5 Å². The van der Waals surface area contributed by atoms with Gasteiger partial charge in [0.2, 0.25) is 5.60 Å². The highest BCUT2D eigenvalue weighted by atomic mass is 19.4. The third kappa shape index (κ3) is 2.00. The second-order valence-corrected chi connectivity index (χ2v) is 4.08. The lowest BCUT2D eigenvalue weighted by atomic mass is 9.89. The Morgan fingerprint density at radius 3 is 2.26 bits per heavy atom. The van der Waals surface area contributed by atoms with Crippen LogP contribution in [0.25, 0.3) is 10.8 Å². The number of hydrogen-bond donors (Lipinski definition) is 0. The van der Waals surface area contributed by atoms with E-state index in [1.165, 1.54) is 18.2 Å². The summed E-state index contributed by atoms with van der Waals surface area (Å²) >= 11 is 0. The van der Waals surface area contributed by atoms with Crippen molar-refractivity contribution in [3.63, 3.8) is 0 Å². The summed E-state index contributed by atoms with van der Waals surface area (Å²) in [5.41, 5.74) is -3.14. The molecule has 5 heteroatoms. The van der Waals surface area contributed by atoms with Gasteiger partial charge >= 0.3 is 6.18 Å². The smallest absolute Gasteiger partial charge is 0.358 e. The monoisotopic (exact) mass is 268 g/mol. The standard InChI is InChI=1S/C14H11F3O2/c1-19-13(9-18,14(15,16)17)12-8-4-6-10-5-2-3-7-11(10)12/h2-9H,1H3. The Labute approximate surface area is 107 Å². The van der Waals surface area contributed by atoms with Crippen LogP contribution in [-0.4, -0.2) is 19.6 Å². The molecule has 0 saturated carbocycles. The zero-order valence-corrected chi connectivity index (χ0v) is 10.1. The molecule has 0 aromatic heterocycles. The van der Waals surface area contributed by atoms with E-state index in [4.69, 9.17) is 0 Å². The zero-order chi connectivity index (χ0) is 14.1. The lowest BCUT2D eigenvalue weighted by molar-refractivity contribution is -0.258. The third-order valence-corrected chi connectivity index (χ3v) is 3.10. The first-order valence-electron chi connectivity index (χ1n) is 5.53. The Balaban J connectivity index is 2.81. The molecule has 2 aromatic carbocycles. The molecule has 0 heterocycles. The van der Waals surface area contributed by atoms with E-state index in [1.54, 1.807) is 24.3 Å². The first kappa shape index (κ1) is 13.5. The number of ether oxygens (including phenoxy) is 1. The summed E-state index contributed by atoms with van der Waals surface area (Å²) < 4.78 is 44.3. The van der Waals surface area contributed by atoms with Crippen molar-refractivity contribution in [1.82, 2.24) is 0 Å². The maximum absolute atomic E-state index is 13.2. The van der Waals surface area contributed by atoms with Crippen LogP contribution >= 0.6 is 0 Å². The van der Waals surface area contributed by atoms with Gasteiger partial charge in [0, 0.05) is 12.7 Å². The van der Waals surface area contributed by atoms with Crippen molar-refractivity contribution in [3.05, 3.63) is 48.0 Å². The number of alkyl halides is 3. The Kier molecular flexibility index (Phi) is 3.32. The molecule has 0 saturated heterocycles. The quantitative estimate of drug-likeness (QED) is 0.797. The van der Waals surface area contributed by atoms with E-state index in [0.717, 1.165) is 7.11 Å². The molecule has 0 bridgehead atoms. The average molecular weight is 268 g/mol. The van der Waals surface area contributed by atoms with Crippen molar-refractivity contribution in [3.8, 4) is 0 Å². The second kappa shape index (κ2) is 4.66. The Hall–Kier alpha value is -1.88. The molecule has 0 aliphatic carbocycles. The van der Waals surface area contributed by atoms with Crippen LogP contribution < -0.4 is 0 Å². The summed E-state index contributed by atoms with van der Waals surface area (Å²) in [6.07, 6.45) is -5.03. The second-order valence-electron chi connectivity index (χ2n) is 4.08. The molecule has 0 amide bonds. The molecule has 19 heavy (non-hydrogen) atoms. The predicted octanol–water partition coefficient (Wildman–Crippen LogP) is 3.44. The maximum atomic E-state index is 13.2. The van der Waals surface area contributed by atoms with Crippen LogP contribution in [0.15, 0.2) is 42.5 Å². The lowest BCUT2D eigenvalue weighted by Crippen LogP contribution is -2.45. The van der Waals surface area contributed by atoms with Gasteiger partial charge in [0.15, 0.2) is 6.29 Å². The van der Waals surface area contributed by atoms with E-state index in [-0.39, 0.29) is 11.8 Å². The Bertz CT molecular complexity index is 602. The molecule has 1 unspecified atom stereocenters. The van der Waals surface area contributed by atoms with Crippen LogP contribution in [0.2, 0.25) is 0 Å². The van der Waals surface area contributed by atoms with Crippen LogP contribution in [0.3, 0.4) is 0 Å². The lowest BCUT2D eigenvalue weighted by Gasteiger charge is -2.30. The van der Waals surface area contributed by atoms with E-state index in [2.05, 4.69) is 4.74 Å². The highest BCUT2D eigenvalue weighted by molar-refractivity contribution is 5.89. The number of methoxy groups -OCH3 is 1. The first-order valence-corrected chi connectivity index (χ1v) is 5.53. The van der Waals surface area contributed by atoms with Crippen molar-refractivity contribution in [1.29, 1.82) is 0 Å². The fraction of sp³-hybridized carbons (Fsp3) is 0.214. The van der Waals surface area contributed by atoms with Crippen molar-refractivity contribution in [2.75, 3.05) is 7.11 Å². The van der Waals surface area contributed by atoms with Gasteiger partial charge in [-0.25, -0.2) is 0 Å². The van der Waals surface area contributed by atoms with Crippen LogP contribution in [-0.2, 0) is 15.1 Å². The molecular weight excluding hydrogens is 257 g/mol. The van der Waals surface area contributed by atoms with Gasteiger partial charge in [-0.2, -0.15) is 13.2 Å². The third-order valence-electron chi connectivity index (χ3n) is 3.10. The minimum absolute atomic E-state index is 0.199. The summed E-state index contributed by atoms with van der Waals surface area (Å²) in [4.78, 5) is 11.1. The van der Waals surface area contributed by atoms with E-state index in [9.17, 15) is 18.0 Å². The molecule has 0 aliphatic heterocycles. The number of aldehydes is 1. The summed E-state index contributed by atoms with van der Waals surface area (Å²) in [5.74, 6) is 0. The summed E-state index contributed by atoms with van der Waals surface area (Å²) in [6, 6.07) is 11.0. The topological polar surface area (TPSA) is 26.3 Å². The van der Waals surface area contributed by atoms with Gasteiger partial charge in [0.1, 0.15) is 0 Å². The van der Waals surface area contributed by atoms with Crippen molar-refractivity contribution in [2.45, 2.75) is 11.8 Å². The molecule has 2 nitrogen and oxygen atoms in total. The number of rotatable bonds is 3. The number of carbonyl (C=O) groups is 1. The summed E-state index contributed by atoms with van der Waals surface area (Å²) in [7, 11) is 0.879. The molecule has 0 radical (unpaired) electrons. The van der Waals surface area contributed by atoms with Gasteiger partial charge < -0.3 is 4.74 Å². The molecular formula is C14H11F3O2. The van der Waals surface area contributed by atoms with Gasteiger partial charge in [0.25, 0.3) is 0 Å². The number of carbonyl (C=O) groups excluding carboxylic acids is 1. The fourth-order valence-electron chi connectivity index (χ4n) is 2.11. The van der Waals surface area contributed by atoms with Gasteiger partial charge in [0.05, 0.1) is 0 Å². The SMILES string of the molecule is COC(C=O)(c1cccc2ccccc12)C(F)(F)F. The minimum Gasteiger partial charge on any atom is -0.358 e. The summed E-state index contributed by atoms with van der Waals surface area (Å²) in [5, 5.41) is 0.962. The van der Waals surface area contributed by atoms with Crippen LogP contribution in [0, 0.1) is 0 Å². The van der Waals surface area contributed by atoms with E-state index in [1.807, 2.05) is 0 Å². The number of benzene rings is 2. The van der Waals surface area contributed by atoms with E-state index in [0.29, 0.717) is 10.8 Å². The molecule has 0 spiro atoms. The van der Waals surface area contributed by atoms with Crippen LogP contribution in [0.4, 0.5) is 13.2 Å². The number of halogens is 3. The van der Waals surface area contributed by atoms with Crippen molar-refractivity contribution < 1.29 is 22.7 Å². The summed E-state index contributed by atoms with van der Waals surface area (Å²) in [6.45, 7) is 0. The highest BCUT2D eigenvalue weighted by Gasteiger charge is 2.57. The molecule has 100 valence electrons. The number of fused-ring (bicyclic) bond motifs is 1. The maximum Gasteiger partial charge on any atom is 0.428 e. The first-order chi connectivity index (χ1) is 8.96. The predicted molar refractivity (Wildman–Crippen MR) is 64.8 cm³/mol. The molecule has 1 atom stereocenters. The largest absolute Gasteiger partial charge is 0.428 e. The Morgan fingerprint density at radius 1 is 1.05 bits per heavy atom. The Morgan fingerprint density at radius 2 is 1.68 bits per heavy atom. The molecule has 0 aliphatic rings. The molecule has 2 rings (SSSR count). The highest BCUT2D eigenvalue weighted by Crippen LogP contribution is 2.42. The van der Waals surface area contributed by atoms with Crippen LogP contribution in [0.5, 0.6) is 0 Å². The van der Waals surface area contributed by atoms with Gasteiger partial charge in [-0.15, -0.1) is 0 Å². The minimum atomic E-state index is -4.83. The average Bonchev–Trinajstić information content (AvgIpc) is 2.39. The van der Waals surface area contributed by atoms with Gasteiger partial charge in [-0.3, -0.25) is 4.79 Å². The molecule has 0 N–H and O–H groups in total. The zero-order valence-electron chi connectivity index (χ0n) is 10.1. The van der Waals surface area contributed by atoms with Crippen molar-refractivity contribution >= 4 is 17.1 Å². The normalized spacial score (nSPS) is 15.2. The van der Waals surface area contributed by atoms with Crippen molar-refractivity contribution in [2.24, 2.45) is 0 Å². The number of hydrogen-bond acceptors (Lipinski definition) is 2. The van der Waals surface area contributed by atoms with E-state index >= 15 is 0 Å². The van der Waals surface area contributed by atoms with Crippen LogP contribution in [0.1, 0.15) is 5.56 Å². The fourth-order valence-corrected chi connectivity index (χ4v) is 2.11. The van der Waals surface area contributed by atoms with Gasteiger partial charge in [-0.05, 0) is 10.8 Å². The molecule has 2 aromatic rings. The van der Waals surface area contributed by atoms with E-state index < -0.39 is 11.8 Å². The molecule has 0 fully saturated rings.